The van der Waals surface area contributed by atoms with Gasteiger partial charge in [-0.1, -0.05) is 275 Å². The Labute approximate surface area is 403 Å². The quantitative estimate of drug-likeness (QED) is 0.0262. The van der Waals surface area contributed by atoms with Crippen LogP contribution in [0.3, 0.4) is 0 Å². The Morgan fingerprint density at radius 1 is 0.323 bits per heavy atom. The zero-order valence-corrected chi connectivity index (χ0v) is 43.3. The van der Waals surface area contributed by atoms with Crippen molar-refractivity contribution in [2.75, 3.05) is 13.2 Å². The maximum Gasteiger partial charge on any atom is 0.306 e. The first-order chi connectivity index (χ1) is 32.0. The summed E-state index contributed by atoms with van der Waals surface area (Å²) in [4.78, 5) is 38.0. The van der Waals surface area contributed by atoms with Crippen molar-refractivity contribution >= 4 is 17.9 Å². The van der Waals surface area contributed by atoms with E-state index in [1.54, 1.807) is 0 Å². The molecule has 6 nitrogen and oxygen atoms in total. The third kappa shape index (κ3) is 52.2. The highest BCUT2D eigenvalue weighted by Gasteiger charge is 2.19. The predicted octanol–water partition coefficient (Wildman–Crippen LogP) is 18.7. The van der Waals surface area contributed by atoms with E-state index in [1.807, 2.05) is 6.08 Å². The molecule has 0 saturated heterocycles. The summed E-state index contributed by atoms with van der Waals surface area (Å²) in [6.45, 7) is 6.49. The molecule has 0 aromatic carbocycles. The predicted molar refractivity (Wildman–Crippen MR) is 279 cm³/mol. The molecule has 0 N–H and O–H groups in total. The summed E-state index contributed by atoms with van der Waals surface area (Å²) < 4.78 is 16.7. The lowest BCUT2D eigenvalue weighted by Crippen LogP contribution is -2.30. The van der Waals surface area contributed by atoms with E-state index in [4.69, 9.17) is 14.2 Å². The molecule has 378 valence electrons. The van der Waals surface area contributed by atoms with Gasteiger partial charge in [0, 0.05) is 19.3 Å². The number of hydrogen-bond acceptors (Lipinski definition) is 6. The number of unbranched alkanes of at least 4 members (excludes halogenated alkanes) is 32. The van der Waals surface area contributed by atoms with Crippen LogP contribution < -0.4 is 0 Å². The van der Waals surface area contributed by atoms with Crippen molar-refractivity contribution in [1.29, 1.82) is 0 Å². The van der Waals surface area contributed by atoms with E-state index < -0.39 is 6.10 Å². The molecule has 1 atom stereocenters. The normalized spacial score (nSPS) is 12.4. The summed E-state index contributed by atoms with van der Waals surface area (Å²) in [6, 6.07) is 0. The molecule has 0 aromatic rings. The second kappa shape index (κ2) is 54.0. The third-order valence-electron chi connectivity index (χ3n) is 12.4. The third-order valence-corrected chi connectivity index (χ3v) is 12.4. The molecule has 0 saturated carbocycles. The Balaban J connectivity index is 4.26. The average molecular weight is 911 g/mol. The fraction of sp³-hybridized carbons (Fsp3) is 0.814. The zero-order chi connectivity index (χ0) is 47.2. The van der Waals surface area contributed by atoms with Crippen molar-refractivity contribution in [2.24, 2.45) is 0 Å². The minimum Gasteiger partial charge on any atom is -0.462 e. The number of carbonyl (C=O) groups is 3. The molecule has 0 aliphatic rings. The van der Waals surface area contributed by atoms with Crippen molar-refractivity contribution in [3.05, 3.63) is 48.6 Å². The highest BCUT2D eigenvalue weighted by Crippen LogP contribution is 2.17. The van der Waals surface area contributed by atoms with Crippen LogP contribution in [-0.4, -0.2) is 37.2 Å². The molecule has 0 bridgehead atoms. The number of hydrogen-bond donors (Lipinski definition) is 0. The summed E-state index contributed by atoms with van der Waals surface area (Å²) in [6.07, 6.45) is 65.6. The van der Waals surface area contributed by atoms with Crippen LogP contribution in [0.2, 0.25) is 0 Å². The first-order valence-corrected chi connectivity index (χ1v) is 28.1. The first kappa shape index (κ1) is 62.4. The summed E-state index contributed by atoms with van der Waals surface area (Å²) >= 11 is 0. The van der Waals surface area contributed by atoms with Gasteiger partial charge in [0.1, 0.15) is 13.2 Å². The minimum atomic E-state index is -0.806. The van der Waals surface area contributed by atoms with Crippen LogP contribution in [0.4, 0.5) is 0 Å². The van der Waals surface area contributed by atoms with E-state index in [0.717, 1.165) is 64.2 Å². The molecule has 0 fully saturated rings. The molecule has 0 aliphatic heterocycles. The van der Waals surface area contributed by atoms with E-state index in [0.29, 0.717) is 19.3 Å². The molecular formula is C59H106O6. The smallest absolute Gasteiger partial charge is 0.306 e. The lowest BCUT2D eigenvalue weighted by atomic mass is 10.0. The number of esters is 3. The Kier molecular flexibility index (Phi) is 51.8. The van der Waals surface area contributed by atoms with E-state index >= 15 is 0 Å². The van der Waals surface area contributed by atoms with Gasteiger partial charge in [-0.2, -0.15) is 0 Å². The number of ether oxygens (including phenoxy) is 3. The van der Waals surface area contributed by atoms with Gasteiger partial charge in [0.25, 0.3) is 0 Å². The lowest BCUT2D eigenvalue weighted by molar-refractivity contribution is -0.166. The van der Waals surface area contributed by atoms with Crippen LogP contribution in [0.25, 0.3) is 0 Å². The van der Waals surface area contributed by atoms with Gasteiger partial charge in [-0.25, -0.2) is 0 Å². The van der Waals surface area contributed by atoms with Crippen molar-refractivity contribution in [3.63, 3.8) is 0 Å². The Morgan fingerprint density at radius 3 is 0.908 bits per heavy atom. The second-order valence-corrected chi connectivity index (χ2v) is 18.8. The standard InChI is InChI=1S/C59H106O6/c1-4-7-10-13-16-19-22-24-25-26-27-28-29-30-31-32-33-35-37-40-43-46-49-52-58(61)64-55-56(54-63-57(60)51-48-45-42-39-36-21-18-15-12-9-6-3)65-59(62)53-50-47-44-41-38-34-23-20-17-14-11-8-5-2/h8,11,17,20,34,38,44,47,56H,4-7,9-10,12-16,18-19,21-33,35-37,39-43,45-46,48-55H2,1-3H3/b11-8-,20-17-,38-34-,47-44-. The van der Waals surface area contributed by atoms with Gasteiger partial charge >= 0.3 is 17.9 Å². The average Bonchev–Trinajstić information content (AvgIpc) is 3.30. The van der Waals surface area contributed by atoms with Crippen molar-refractivity contribution in [2.45, 2.75) is 297 Å². The maximum atomic E-state index is 12.7. The van der Waals surface area contributed by atoms with Gasteiger partial charge in [0.15, 0.2) is 6.10 Å². The molecule has 0 amide bonds. The summed E-state index contributed by atoms with van der Waals surface area (Å²) in [7, 11) is 0. The molecule has 1 unspecified atom stereocenters. The lowest BCUT2D eigenvalue weighted by Gasteiger charge is -2.18. The summed E-state index contributed by atoms with van der Waals surface area (Å²) in [5.41, 5.74) is 0. The van der Waals surface area contributed by atoms with Crippen molar-refractivity contribution in [1.82, 2.24) is 0 Å². The monoisotopic (exact) mass is 911 g/mol. The summed E-state index contributed by atoms with van der Waals surface area (Å²) in [5.74, 6) is -0.968. The van der Waals surface area contributed by atoms with Crippen LogP contribution >= 0.6 is 0 Å². The SMILES string of the molecule is CC/C=C\C/C=C\C/C=C\C/C=C\CCC(=O)OC(COC(=O)CCCCCCCCCCCCC)COC(=O)CCCCCCCCCCCCCCCCCCCCCCCCC. The van der Waals surface area contributed by atoms with E-state index in [2.05, 4.69) is 63.3 Å². The fourth-order valence-electron chi connectivity index (χ4n) is 8.16. The van der Waals surface area contributed by atoms with E-state index in [1.165, 1.54) is 180 Å². The summed E-state index contributed by atoms with van der Waals surface area (Å²) in [5, 5.41) is 0. The number of rotatable bonds is 51. The molecule has 0 heterocycles. The molecule has 0 rings (SSSR count). The zero-order valence-electron chi connectivity index (χ0n) is 43.3. The Bertz CT molecular complexity index is 1140. The van der Waals surface area contributed by atoms with Gasteiger partial charge in [-0.3, -0.25) is 14.4 Å². The topological polar surface area (TPSA) is 78.9 Å². The van der Waals surface area contributed by atoms with E-state index in [-0.39, 0.29) is 37.5 Å². The highest BCUT2D eigenvalue weighted by atomic mass is 16.6. The minimum absolute atomic E-state index is 0.0976. The maximum absolute atomic E-state index is 12.7. The van der Waals surface area contributed by atoms with Gasteiger partial charge < -0.3 is 14.2 Å². The van der Waals surface area contributed by atoms with Gasteiger partial charge in [-0.15, -0.1) is 0 Å². The van der Waals surface area contributed by atoms with Crippen LogP contribution in [0.5, 0.6) is 0 Å². The number of carbonyl (C=O) groups excluding carboxylic acids is 3. The van der Waals surface area contributed by atoms with Crippen LogP contribution in [0.15, 0.2) is 48.6 Å². The van der Waals surface area contributed by atoms with E-state index in [9.17, 15) is 14.4 Å². The molecule has 0 aliphatic carbocycles. The van der Waals surface area contributed by atoms with Crippen molar-refractivity contribution < 1.29 is 28.6 Å². The molecule has 0 aromatic heterocycles. The Morgan fingerprint density at radius 2 is 0.600 bits per heavy atom. The molecule has 0 spiro atoms. The highest BCUT2D eigenvalue weighted by molar-refractivity contribution is 5.71. The van der Waals surface area contributed by atoms with Crippen molar-refractivity contribution in [3.8, 4) is 0 Å². The molecule has 65 heavy (non-hydrogen) atoms. The Hall–Kier alpha value is -2.63. The molecule has 0 radical (unpaired) electrons. The molecular weight excluding hydrogens is 805 g/mol. The van der Waals surface area contributed by atoms with Gasteiger partial charge in [0.05, 0.1) is 0 Å². The fourth-order valence-corrected chi connectivity index (χ4v) is 8.16. The van der Waals surface area contributed by atoms with Crippen LogP contribution in [-0.2, 0) is 28.6 Å². The van der Waals surface area contributed by atoms with Gasteiger partial charge in [-0.05, 0) is 44.9 Å². The number of allylic oxidation sites excluding steroid dienone is 8. The largest absolute Gasteiger partial charge is 0.462 e. The van der Waals surface area contributed by atoms with Crippen LogP contribution in [0.1, 0.15) is 290 Å². The van der Waals surface area contributed by atoms with Gasteiger partial charge in [0.2, 0.25) is 0 Å². The second-order valence-electron chi connectivity index (χ2n) is 18.8. The van der Waals surface area contributed by atoms with Crippen LogP contribution in [0, 0.1) is 0 Å². The molecule has 6 heteroatoms. The first-order valence-electron chi connectivity index (χ1n) is 28.1.